The summed E-state index contributed by atoms with van der Waals surface area (Å²) in [6.45, 7) is 12.3. The second kappa shape index (κ2) is 5.91. The van der Waals surface area contributed by atoms with E-state index in [1.165, 1.54) is 0 Å². The van der Waals surface area contributed by atoms with Crippen LogP contribution in [-0.4, -0.2) is 45.2 Å². The fourth-order valence-electron chi connectivity index (χ4n) is 3.13. The van der Waals surface area contributed by atoms with Crippen LogP contribution in [0.5, 0.6) is 0 Å². The van der Waals surface area contributed by atoms with Crippen LogP contribution in [0.1, 0.15) is 13.3 Å². The molecule has 0 aliphatic heterocycles. The average Bonchev–Trinajstić information content (AvgIpc) is 2.37. The summed E-state index contributed by atoms with van der Waals surface area (Å²) in [6.07, 6.45) is -0.414. The van der Waals surface area contributed by atoms with Gasteiger partial charge in [0.2, 0.25) is 0 Å². The fourth-order valence-corrected chi connectivity index (χ4v) is 3.13. The molecule has 1 saturated carbocycles. The number of carboxylic acid groups (broad SMARTS) is 1. The standard InChI is InChI=1S/C15H22O5/c1-5-15(4)6-10(17)11(9(3)14(19)20)13(18)12(15)8(2)7-16/h5,10-13,16-18H,1-3,6-7H2,4H3,(H,19,20)/t10-,11+,12-,13+,15+/m0/s1. The van der Waals surface area contributed by atoms with Gasteiger partial charge in [-0.2, -0.15) is 0 Å². The Labute approximate surface area is 118 Å². The van der Waals surface area contributed by atoms with E-state index in [1.807, 2.05) is 0 Å². The number of carboxylic acids is 1. The SMILES string of the molecule is C=C[C@]1(C)C[C@H](O)[C@@H](C(=C)C(=O)O)[C@@H](O)[C@@H]1C(=C)CO. The molecule has 1 rings (SSSR count). The normalized spacial score (nSPS) is 37.2. The summed E-state index contributed by atoms with van der Waals surface area (Å²) in [7, 11) is 0. The van der Waals surface area contributed by atoms with Gasteiger partial charge in [0.15, 0.2) is 0 Å². The zero-order chi connectivity index (χ0) is 15.7. The van der Waals surface area contributed by atoms with Gasteiger partial charge >= 0.3 is 5.97 Å². The highest BCUT2D eigenvalue weighted by Crippen LogP contribution is 2.49. The fraction of sp³-hybridized carbons (Fsp3) is 0.533. The van der Waals surface area contributed by atoms with Crippen molar-refractivity contribution in [2.45, 2.75) is 25.6 Å². The van der Waals surface area contributed by atoms with Crippen LogP contribution in [0.2, 0.25) is 0 Å². The summed E-state index contributed by atoms with van der Waals surface area (Å²) in [5, 5.41) is 39.0. The summed E-state index contributed by atoms with van der Waals surface area (Å²) in [5.74, 6) is -2.84. The molecule has 0 aromatic heterocycles. The van der Waals surface area contributed by atoms with Crippen molar-refractivity contribution in [3.05, 3.63) is 37.0 Å². The Morgan fingerprint density at radius 1 is 1.40 bits per heavy atom. The van der Waals surface area contributed by atoms with Gasteiger partial charge in [0, 0.05) is 17.4 Å². The molecule has 112 valence electrons. The molecule has 5 nitrogen and oxygen atoms in total. The van der Waals surface area contributed by atoms with Crippen LogP contribution in [0.4, 0.5) is 0 Å². The van der Waals surface area contributed by atoms with Crippen LogP contribution in [0.15, 0.2) is 37.0 Å². The molecule has 5 heteroatoms. The first kappa shape index (κ1) is 16.6. The Morgan fingerprint density at radius 2 is 1.95 bits per heavy atom. The number of allylic oxidation sites excluding steroid dienone is 1. The Morgan fingerprint density at radius 3 is 2.35 bits per heavy atom. The van der Waals surface area contributed by atoms with E-state index in [0.717, 1.165) is 0 Å². The van der Waals surface area contributed by atoms with Crippen molar-refractivity contribution in [2.75, 3.05) is 6.61 Å². The molecular weight excluding hydrogens is 260 g/mol. The van der Waals surface area contributed by atoms with Gasteiger partial charge in [-0.05, 0) is 17.4 Å². The van der Waals surface area contributed by atoms with E-state index in [1.54, 1.807) is 13.0 Å². The van der Waals surface area contributed by atoms with E-state index in [9.17, 15) is 20.1 Å². The Balaban J connectivity index is 3.24. The minimum absolute atomic E-state index is 0.216. The molecule has 0 heterocycles. The first-order valence-corrected chi connectivity index (χ1v) is 6.40. The van der Waals surface area contributed by atoms with Crippen LogP contribution in [0.3, 0.4) is 0 Å². The Bertz CT molecular complexity index is 442. The molecule has 4 N–H and O–H groups in total. The third kappa shape index (κ3) is 2.70. The van der Waals surface area contributed by atoms with Gasteiger partial charge in [0.25, 0.3) is 0 Å². The van der Waals surface area contributed by atoms with Gasteiger partial charge in [-0.15, -0.1) is 6.58 Å². The molecule has 20 heavy (non-hydrogen) atoms. The minimum Gasteiger partial charge on any atom is -0.478 e. The van der Waals surface area contributed by atoms with Gasteiger partial charge in [-0.3, -0.25) is 0 Å². The topological polar surface area (TPSA) is 98.0 Å². The maximum Gasteiger partial charge on any atom is 0.331 e. The highest BCUT2D eigenvalue weighted by Gasteiger charge is 2.51. The first-order chi connectivity index (χ1) is 9.19. The lowest BCUT2D eigenvalue weighted by atomic mass is 9.58. The van der Waals surface area contributed by atoms with Crippen molar-refractivity contribution < 1.29 is 25.2 Å². The highest BCUT2D eigenvalue weighted by molar-refractivity contribution is 5.86. The number of hydrogen-bond donors (Lipinski definition) is 4. The number of carbonyl (C=O) groups is 1. The quantitative estimate of drug-likeness (QED) is 0.440. The number of aliphatic hydroxyl groups is 3. The highest BCUT2D eigenvalue weighted by atomic mass is 16.4. The second-order valence-electron chi connectivity index (χ2n) is 5.62. The predicted octanol–water partition coefficient (Wildman–Crippen LogP) is 0.726. The molecule has 0 spiro atoms. The minimum atomic E-state index is -1.26. The molecule has 0 saturated heterocycles. The van der Waals surface area contributed by atoms with Crippen molar-refractivity contribution >= 4 is 5.97 Å². The van der Waals surface area contributed by atoms with Crippen LogP contribution in [0, 0.1) is 17.3 Å². The van der Waals surface area contributed by atoms with E-state index < -0.39 is 35.4 Å². The molecule has 1 aliphatic rings. The molecule has 5 atom stereocenters. The second-order valence-corrected chi connectivity index (χ2v) is 5.62. The third-order valence-corrected chi connectivity index (χ3v) is 4.27. The van der Waals surface area contributed by atoms with E-state index in [0.29, 0.717) is 5.57 Å². The van der Waals surface area contributed by atoms with Crippen molar-refractivity contribution in [2.24, 2.45) is 17.3 Å². The molecule has 0 aromatic rings. The molecule has 1 aliphatic carbocycles. The van der Waals surface area contributed by atoms with E-state index in [2.05, 4.69) is 19.7 Å². The number of hydrogen-bond acceptors (Lipinski definition) is 4. The first-order valence-electron chi connectivity index (χ1n) is 6.40. The number of rotatable bonds is 5. The summed E-state index contributed by atoms with van der Waals surface area (Å²) in [4.78, 5) is 11.1. The van der Waals surface area contributed by atoms with E-state index in [-0.39, 0.29) is 18.6 Å². The smallest absolute Gasteiger partial charge is 0.331 e. The molecule has 0 bridgehead atoms. The average molecular weight is 282 g/mol. The van der Waals surface area contributed by atoms with E-state index in [4.69, 9.17) is 5.11 Å². The number of aliphatic hydroxyl groups excluding tert-OH is 3. The van der Waals surface area contributed by atoms with Gasteiger partial charge in [0.05, 0.1) is 18.8 Å². The molecule has 1 fully saturated rings. The third-order valence-electron chi connectivity index (χ3n) is 4.27. The van der Waals surface area contributed by atoms with Gasteiger partial charge < -0.3 is 20.4 Å². The van der Waals surface area contributed by atoms with Gasteiger partial charge in [-0.1, -0.05) is 26.2 Å². The molecule has 0 radical (unpaired) electrons. The summed E-state index contributed by atoms with van der Waals surface area (Å²) in [5.41, 5.74) is -0.532. The largest absolute Gasteiger partial charge is 0.478 e. The lowest BCUT2D eigenvalue weighted by molar-refractivity contribution is -0.137. The molecule has 0 aromatic carbocycles. The van der Waals surface area contributed by atoms with Crippen molar-refractivity contribution in [1.82, 2.24) is 0 Å². The zero-order valence-electron chi connectivity index (χ0n) is 11.6. The molecular formula is C15H22O5. The van der Waals surface area contributed by atoms with Crippen LogP contribution >= 0.6 is 0 Å². The summed E-state index contributed by atoms with van der Waals surface area (Å²) in [6, 6.07) is 0. The Kier molecular flexibility index (Phi) is 4.91. The van der Waals surface area contributed by atoms with Gasteiger partial charge in [-0.25, -0.2) is 4.79 Å². The Hall–Kier alpha value is -1.43. The monoisotopic (exact) mass is 282 g/mol. The van der Waals surface area contributed by atoms with Crippen LogP contribution in [-0.2, 0) is 4.79 Å². The van der Waals surface area contributed by atoms with Crippen molar-refractivity contribution in [1.29, 1.82) is 0 Å². The van der Waals surface area contributed by atoms with Gasteiger partial charge in [0.1, 0.15) is 0 Å². The number of aliphatic carboxylic acids is 1. The van der Waals surface area contributed by atoms with Crippen molar-refractivity contribution in [3.8, 4) is 0 Å². The summed E-state index contributed by atoms with van der Waals surface area (Å²) >= 11 is 0. The maximum atomic E-state index is 11.1. The molecule has 0 amide bonds. The lowest BCUT2D eigenvalue weighted by Gasteiger charge is -2.49. The van der Waals surface area contributed by atoms with E-state index >= 15 is 0 Å². The van der Waals surface area contributed by atoms with Crippen molar-refractivity contribution in [3.63, 3.8) is 0 Å². The zero-order valence-corrected chi connectivity index (χ0v) is 11.6. The maximum absolute atomic E-state index is 11.1. The van der Waals surface area contributed by atoms with Crippen LogP contribution in [0.25, 0.3) is 0 Å². The lowest BCUT2D eigenvalue weighted by Crippen LogP contribution is -2.53. The summed E-state index contributed by atoms with van der Waals surface area (Å²) < 4.78 is 0. The molecule has 0 unspecified atom stereocenters. The van der Waals surface area contributed by atoms with Crippen LogP contribution < -0.4 is 0 Å². The predicted molar refractivity (Wildman–Crippen MR) is 74.9 cm³/mol.